The van der Waals surface area contributed by atoms with Gasteiger partial charge in [-0.3, -0.25) is 14.9 Å². The number of rotatable bonds is 4. The molecule has 0 atom stereocenters. The minimum atomic E-state index is -0.0464. The first-order chi connectivity index (χ1) is 13.5. The number of nitrogens with zero attached hydrogens (tertiary/aromatic N) is 5. The van der Waals surface area contributed by atoms with E-state index in [2.05, 4.69) is 20.4 Å². The number of nitrogens with two attached hydrogens (primary N) is 1. The van der Waals surface area contributed by atoms with Gasteiger partial charge in [0.15, 0.2) is 0 Å². The van der Waals surface area contributed by atoms with Gasteiger partial charge in [0.25, 0.3) is 0 Å². The third-order valence-corrected chi connectivity index (χ3v) is 4.63. The number of piperazine rings is 1. The fourth-order valence-corrected chi connectivity index (χ4v) is 3.15. The first-order valence-electron chi connectivity index (χ1n) is 8.83. The van der Waals surface area contributed by atoms with E-state index in [1.165, 1.54) is 6.33 Å². The molecule has 9 heteroatoms. The summed E-state index contributed by atoms with van der Waals surface area (Å²) in [4.78, 5) is 22.0. The number of anilines is 2. The molecule has 0 unspecified atom stereocenters. The van der Waals surface area contributed by atoms with Gasteiger partial charge in [-0.25, -0.2) is 9.97 Å². The van der Waals surface area contributed by atoms with Crippen LogP contribution in [0.5, 0.6) is 0 Å². The minimum absolute atomic E-state index is 0.0464. The van der Waals surface area contributed by atoms with Crippen LogP contribution in [0.2, 0.25) is 0 Å². The Hall–Kier alpha value is -3.75. The maximum Gasteiger partial charge on any atom is 0.239 e. The summed E-state index contributed by atoms with van der Waals surface area (Å²) < 4.78 is 1.72. The lowest BCUT2D eigenvalue weighted by molar-refractivity contribution is -0.120. The van der Waals surface area contributed by atoms with Gasteiger partial charge in [-0.2, -0.15) is 5.10 Å². The summed E-state index contributed by atoms with van der Waals surface area (Å²) in [7, 11) is 1.85. The number of hydrogen-bond acceptors (Lipinski definition) is 7. The number of amides is 1. The van der Waals surface area contributed by atoms with Gasteiger partial charge in [0, 0.05) is 49.2 Å². The molecule has 1 aromatic carbocycles. The predicted octanol–water partition coefficient (Wildman–Crippen LogP) is 0.812. The molecule has 0 aliphatic carbocycles. The zero-order valence-corrected chi connectivity index (χ0v) is 15.4. The fraction of sp³-hybridized carbons (Fsp3) is 0.211. The normalized spacial score (nSPS) is 14.0. The van der Waals surface area contributed by atoms with Crippen LogP contribution in [0.3, 0.4) is 0 Å². The number of nitrogen functional groups attached to an aromatic ring is 1. The molecule has 4 N–H and O–H groups in total. The molecule has 9 nitrogen and oxygen atoms in total. The molecule has 3 heterocycles. The van der Waals surface area contributed by atoms with Crippen molar-refractivity contribution in [2.24, 2.45) is 7.05 Å². The Bertz CT molecular complexity index is 1060. The second kappa shape index (κ2) is 7.10. The van der Waals surface area contributed by atoms with Crippen molar-refractivity contribution in [3.63, 3.8) is 0 Å². The van der Waals surface area contributed by atoms with Crippen molar-refractivity contribution >= 4 is 23.1 Å². The molecule has 0 spiro atoms. The topological polar surface area (TPSA) is 126 Å². The fourth-order valence-electron chi connectivity index (χ4n) is 3.15. The second-order valence-electron chi connectivity index (χ2n) is 6.61. The summed E-state index contributed by atoms with van der Waals surface area (Å²) in [6.07, 6.45) is 5.08. The average Bonchev–Trinajstić information content (AvgIpc) is 3.14. The Morgan fingerprint density at radius 1 is 1.25 bits per heavy atom. The molecule has 3 aromatic rings. The Morgan fingerprint density at radius 3 is 2.86 bits per heavy atom. The molecule has 1 amide bonds. The molecule has 1 aliphatic heterocycles. The maximum absolute atomic E-state index is 11.6. The van der Waals surface area contributed by atoms with E-state index in [-0.39, 0.29) is 18.2 Å². The highest BCUT2D eigenvalue weighted by molar-refractivity contribution is 6.13. The lowest BCUT2D eigenvalue weighted by Gasteiger charge is -2.27. The van der Waals surface area contributed by atoms with Crippen LogP contribution in [0.4, 0.5) is 11.5 Å². The highest BCUT2D eigenvalue weighted by atomic mass is 16.2. The van der Waals surface area contributed by atoms with Crippen LogP contribution in [-0.4, -0.2) is 51.0 Å². The maximum atomic E-state index is 11.6. The lowest BCUT2D eigenvalue weighted by atomic mass is 9.99. The quantitative estimate of drug-likeness (QED) is 0.457. The van der Waals surface area contributed by atoms with Crippen molar-refractivity contribution < 1.29 is 4.79 Å². The van der Waals surface area contributed by atoms with E-state index in [1.54, 1.807) is 23.0 Å². The predicted molar refractivity (Wildman–Crippen MR) is 106 cm³/mol. The average molecular weight is 376 g/mol. The van der Waals surface area contributed by atoms with E-state index in [0.29, 0.717) is 35.9 Å². The smallest absolute Gasteiger partial charge is 0.239 e. The van der Waals surface area contributed by atoms with Crippen LogP contribution in [0.25, 0.3) is 11.1 Å². The number of carbonyl (C=O) groups is 1. The van der Waals surface area contributed by atoms with Crippen LogP contribution in [0.15, 0.2) is 43.0 Å². The van der Waals surface area contributed by atoms with Gasteiger partial charge >= 0.3 is 0 Å². The third kappa shape index (κ3) is 3.41. The van der Waals surface area contributed by atoms with E-state index in [1.807, 2.05) is 30.3 Å². The van der Waals surface area contributed by atoms with E-state index in [0.717, 1.165) is 11.1 Å². The zero-order chi connectivity index (χ0) is 19.7. The molecule has 0 bridgehead atoms. The first-order valence-corrected chi connectivity index (χ1v) is 8.83. The highest BCUT2D eigenvalue weighted by Crippen LogP contribution is 2.25. The molecule has 1 fully saturated rings. The van der Waals surface area contributed by atoms with E-state index in [9.17, 15) is 4.79 Å². The minimum Gasteiger partial charge on any atom is -0.398 e. The molecule has 0 radical (unpaired) electrons. The van der Waals surface area contributed by atoms with Crippen LogP contribution in [0.1, 0.15) is 11.3 Å². The molecular weight excluding hydrogens is 356 g/mol. The van der Waals surface area contributed by atoms with Gasteiger partial charge in [0.05, 0.1) is 24.1 Å². The number of hydrogen-bond donors (Lipinski definition) is 3. The summed E-state index contributed by atoms with van der Waals surface area (Å²) in [6, 6.07) is 7.27. The largest absolute Gasteiger partial charge is 0.398 e. The molecule has 2 aromatic heterocycles. The number of carbonyl (C=O) groups excluding carboxylic acids is 1. The Labute approximate surface area is 161 Å². The van der Waals surface area contributed by atoms with Crippen molar-refractivity contribution in [3.8, 4) is 11.1 Å². The summed E-state index contributed by atoms with van der Waals surface area (Å²) >= 11 is 0. The first kappa shape index (κ1) is 17.7. The van der Waals surface area contributed by atoms with Gasteiger partial charge in [-0.15, -0.1) is 0 Å². The highest BCUT2D eigenvalue weighted by Gasteiger charge is 2.19. The van der Waals surface area contributed by atoms with Crippen molar-refractivity contribution in [1.29, 1.82) is 5.41 Å². The summed E-state index contributed by atoms with van der Waals surface area (Å²) in [6.45, 7) is 1.46. The number of aromatic nitrogens is 4. The van der Waals surface area contributed by atoms with E-state index >= 15 is 0 Å². The Balaban J connectivity index is 1.66. The summed E-state index contributed by atoms with van der Waals surface area (Å²) in [5.41, 5.74) is 9.74. The van der Waals surface area contributed by atoms with Crippen molar-refractivity contribution in [1.82, 2.24) is 25.1 Å². The van der Waals surface area contributed by atoms with Crippen LogP contribution in [-0.2, 0) is 11.8 Å². The van der Waals surface area contributed by atoms with Crippen molar-refractivity contribution in [3.05, 3.63) is 54.2 Å². The van der Waals surface area contributed by atoms with Gasteiger partial charge in [0.1, 0.15) is 12.1 Å². The van der Waals surface area contributed by atoms with Crippen LogP contribution < -0.4 is 16.0 Å². The van der Waals surface area contributed by atoms with Gasteiger partial charge in [0.2, 0.25) is 5.91 Å². The van der Waals surface area contributed by atoms with Crippen molar-refractivity contribution in [2.75, 3.05) is 30.3 Å². The SMILES string of the molecule is Cn1cc(-c2ccc(N)c(C(=N)c3cc(N4CCNC(=O)C4)ncn3)c2)cn1. The Kier molecular flexibility index (Phi) is 4.48. The third-order valence-electron chi connectivity index (χ3n) is 4.63. The van der Waals surface area contributed by atoms with E-state index < -0.39 is 0 Å². The molecule has 142 valence electrons. The molecule has 1 saturated heterocycles. The van der Waals surface area contributed by atoms with Crippen LogP contribution in [0, 0.1) is 5.41 Å². The molecular formula is C19H20N8O. The number of nitrogens with one attached hydrogen (secondary N) is 2. The zero-order valence-electron chi connectivity index (χ0n) is 15.4. The summed E-state index contributed by atoms with van der Waals surface area (Å²) in [5, 5.41) is 15.6. The second-order valence-corrected chi connectivity index (χ2v) is 6.61. The number of benzene rings is 1. The van der Waals surface area contributed by atoms with Gasteiger partial charge in [-0.05, 0) is 17.7 Å². The van der Waals surface area contributed by atoms with Crippen molar-refractivity contribution in [2.45, 2.75) is 0 Å². The molecule has 0 saturated carbocycles. The molecule has 4 rings (SSSR count). The van der Waals surface area contributed by atoms with E-state index in [4.69, 9.17) is 11.1 Å². The standard InChI is InChI=1S/C19H20N8O/c1-26-9-13(8-25-26)12-2-3-15(20)14(6-12)19(21)16-7-17(24-11-23-16)27-5-4-22-18(28)10-27/h2-3,6-9,11,21H,4-5,10,20H2,1H3,(H,22,28). The number of aryl methyl sites for hydroxylation is 1. The molecule has 1 aliphatic rings. The molecule has 28 heavy (non-hydrogen) atoms. The van der Waals surface area contributed by atoms with Crippen LogP contribution >= 0.6 is 0 Å². The monoisotopic (exact) mass is 376 g/mol. The lowest BCUT2D eigenvalue weighted by Crippen LogP contribution is -2.48. The van der Waals surface area contributed by atoms with Gasteiger partial charge in [-0.1, -0.05) is 6.07 Å². The summed E-state index contributed by atoms with van der Waals surface area (Å²) in [5.74, 6) is 0.571. The Morgan fingerprint density at radius 2 is 2.11 bits per heavy atom. The van der Waals surface area contributed by atoms with Gasteiger partial charge < -0.3 is 16.0 Å².